The fraction of sp³-hybridized carbons (Fsp3) is 0.917. The van der Waals surface area contributed by atoms with E-state index in [1.165, 1.54) is 0 Å². The lowest BCUT2D eigenvalue weighted by Crippen LogP contribution is -2.51. The summed E-state index contributed by atoms with van der Waals surface area (Å²) in [6.45, 7) is 11.6. The number of ether oxygens (including phenoxy) is 1. The van der Waals surface area contributed by atoms with Crippen LogP contribution in [0.4, 0.5) is 4.79 Å². The van der Waals surface area contributed by atoms with Gasteiger partial charge < -0.3 is 15.8 Å². The number of hydrogen-bond acceptors (Lipinski definition) is 3. The molecule has 0 aromatic rings. The van der Waals surface area contributed by atoms with Crippen molar-refractivity contribution >= 4 is 6.09 Å². The van der Waals surface area contributed by atoms with Gasteiger partial charge in [-0.15, -0.1) is 0 Å². The molecule has 0 saturated heterocycles. The molecule has 96 valence electrons. The highest BCUT2D eigenvalue weighted by molar-refractivity contribution is 5.68. The quantitative estimate of drug-likeness (QED) is 0.778. The Labute approximate surface area is 98.9 Å². The topological polar surface area (TPSA) is 64.3 Å². The van der Waals surface area contributed by atoms with Gasteiger partial charge >= 0.3 is 6.09 Å². The number of hydrogen-bond donors (Lipinski definition) is 2. The van der Waals surface area contributed by atoms with E-state index in [1.54, 1.807) is 0 Å². The summed E-state index contributed by atoms with van der Waals surface area (Å²) in [7, 11) is 0. The molecule has 2 atom stereocenters. The Morgan fingerprint density at radius 1 is 1.38 bits per heavy atom. The summed E-state index contributed by atoms with van der Waals surface area (Å²) in [5, 5.41) is 2.84. The van der Waals surface area contributed by atoms with Gasteiger partial charge in [-0.1, -0.05) is 20.8 Å². The molecule has 0 aromatic carbocycles. The lowest BCUT2D eigenvalue weighted by atomic mass is 9.95. The van der Waals surface area contributed by atoms with Gasteiger partial charge in [0.2, 0.25) is 0 Å². The molecule has 0 saturated carbocycles. The van der Waals surface area contributed by atoms with Crippen LogP contribution in [0.15, 0.2) is 0 Å². The highest BCUT2D eigenvalue weighted by atomic mass is 16.6. The highest BCUT2D eigenvalue weighted by Crippen LogP contribution is 2.11. The molecule has 0 aromatic heterocycles. The van der Waals surface area contributed by atoms with Crippen molar-refractivity contribution in [2.75, 3.05) is 0 Å². The third-order valence-corrected chi connectivity index (χ3v) is 2.33. The number of amides is 1. The van der Waals surface area contributed by atoms with Gasteiger partial charge in [-0.25, -0.2) is 4.79 Å². The van der Waals surface area contributed by atoms with Crippen molar-refractivity contribution in [3.05, 3.63) is 0 Å². The van der Waals surface area contributed by atoms with Crippen molar-refractivity contribution in [3.8, 4) is 0 Å². The van der Waals surface area contributed by atoms with E-state index >= 15 is 0 Å². The molecule has 0 aliphatic carbocycles. The minimum Gasteiger partial charge on any atom is -0.444 e. The van der Waals surface area contributed by atoms with Gasteiger partial charge in [-0.3, -0.25) is 0 Å². The first kappa shape index (κ1) is 15.2. The number of carbonyl (C=O) groups is 1. The molecule has 4 nitrogen and oxygen atoms in total. The molecule has 0 spiro atoms. The van der Waals surface area contributed by atoms with E-state index in [0.29, 0.717) is 5.92 Å². The second-order valence-corrected chi connectivity index (χ2v) is 5.49. The Morgan fingerprint density at radius 3 is 2.19 bits per heavy atom. The summed E-state index contributed by atoms with van der Waals surface area (Å²) in [5.41, 5.74) is 5.49. The Balaban J connectivity index is 4.36. The third kappa shape index (κ3) is 5.95. The van der Waals surface area contributed by atoms with Crippen LogP contribution in [0.5, 0.6) is 0 Å². The zero-order valence-electron chi connectivity index (χ0n) is 11.3. The van der Waals surface area contributed by atoms with Crippen LogP contribution in [0, 0.1) is 5.92 Å². The van der Waals surface area contributed by atoms with Crippen LogP contribution in [-0.4, -0.2) is 23.8 Å². The number of nitrogens with two attached hydrogens (primary N) is 1. The second-order valence-electron chi connectivity index (χ2n) is 5.49. The summed E-state index contributed by atoms with van der Waals surface area (Å²) in [5.74, 6) is 0.294. The Kier molecular flexibility index (Phi) is 5.79. The van der Waals surface area contributed by atoms with Gasteiger partial charge in [-0.05, 0) is 33.1 Å². The van der Waals surface area contributed by atoms with E-state index in [0.717, 1.165) is 6.42 Å². The molecule has 3 N–H and O–H groups in total. The highest BCUT2D eigenvalue weighted by Gasteiger charge is 2.24. The van der Waals surface area contributed by atoms with Crippen molar-refractivity contribution < 1.29 is 9.53 Å². The molecule has 2 unspecified atom stereocenters. The Hall–Kier alpha value is -0.770. The van der Waals surface area contributed by atoms with E-state index in [2.05, 4.69) is 5.32 Å². The van der Waals surface area contributed by atoms with Gasteiger partial charge in [0.1, 0.15) is 5.60 Å². The van der Waals surface area contributed by atoms with Crippen molar-refractivity contribution in [3.63, 3.8) is 0 Å². The Bertz CT molecular complexity index is 222. The summed E-state index contributed by atoms with van der Waals surface area (Å²) in [4.78, 5) is 11.6. The first-order chi connectivity index (χ1) is 7.17. The van der Waals surface area contributed by atoms with Gasteiger partial charge in [0.05, 0.1) is 0 Å². The molecule has 16 heavy (non-hydrogen) atoms. The second kappa shape index (κ2) is 6.09. The molecule has 0 bridgehead atoms. The SMILES string of the molecule is CCC(N)C(NC(=O)OC(C)(C)C)C(C)C. The molecular formula is C12H26N2O2. The minimum absolute atomic E-state index is 0.0347. The van der Waals surface area contributed by atoms with Crippen molar-refractivity contribution in [2.45, 2.75) is 65.6 Å². The normalized spacial score (nSPS) is 15.8. The van der Waals surface area contributed by atoms with Crippen LogP contribution in [0.25, 0.3) is 0 Å². The predicted octanol–water partition coefficient (Wildman–Crippen LogP) is 2.27. The van der Waals surface area contributed by atoms with E-state index in [9.17, 15) is 4.79 Å². The van der Waals surface area contributed by atoms with E-state index < -0.39 is 11.7 Å². The number of alkyl carbamates (subject to hydrolysis) is 1. The average Bonchev–Trinajstić information content (AvgIpc) is 2.09. The smallest absolute Gasteiger partial charge is 0.407 e. The number of rotatable bonds is 4. The summed E-state index contributed by atoms with van der Waals surface area (Å²) < 4.78 is 5.21. The van der Waals surface area contributed by atoms with Crippen molar-refractivity contribution in [1.82, 2.24) is 5.32 Å². The first-order valence-corrected chi connectivity index (χ1v) is 5.92. The molecule has 4 heteroatoms. The van der Waals surface area contributed by atoms with E-state index in [-0.39, 0.29) is 12.1 Å². The fourth-order valence-corrected chi connectivity index (χ4v) is 1.47. The molecule has 0 fully saturated rings. The van der Waals surface area contributed by atoms with Crippen molar-refractivity contribution in [2.24, 2.45) is 11.7 Å². The van der Waals surface area contributed by atoms with Gasteiger partial charge in [0.15, 0.2) is 0 Å². The van der Waals surface area contributed by atoms with Gasteiger partial charge in [-0.2, -0.15) is 0 Å². The lowest BCUT2D eigenvalue weighted by Gasteiger charge is -2.29. The largest absolute Gasteiger partial charge is 0.444 e. The van der Waals surface area contributed by atoms with Crippen molar-refractivity contribution in [1.29, 1.82) is 0 Å². The van der Waals surface area contributed by atoms with E-state index in [1.807, 2.05) is 41.5 Å². The van der Waals surface area contributed by atoms with Crippen LogP contribution < -0.4 is 11.1 Å². The van der Waals surface area contributed by atoms with Crippen LogP contribution in [0.3, 0.4) is 0 Å². The van der Waals surface area contributed by atoms with Crippen LogP contribution in [-0.2, 0) is 4.74 Å². The minimum atomic E-state index is -0.470. The predicted molar refractivity (Wildman–Crippen MR) is 66.3 cm³/mol. The van der Waals surface area contributed by atoms with Crippen LogP contribution in [0.1, 0.15) is 48.0 Å². The monoisotopic (exact) mass is 230 g/mol. The van der Waals surface area contributed by atoms with Crippen LogP contribution >= 0.6 is 0 Å². The number of nitrogens with one attached hydrogen (secondary N) is 1. The molecule has 0 rings (SSSR count). The average molecular weight is 230 g/mol. The van der Waals surface area contributed by atoms with Crippen LogP contribution in [0.2, 0.25) is 0 Å². The molecule has 1 amide bonds. The van der Waals surface area contributed by atoms with Gasteiger partial charge in [0.25, 0.3) is 0 Å². The molecule has 0 heterocycles. The summed E-state index contributed by atoms with van der Waals surface area (Å²) in [6, 6.07) is -0.0765. The van der Waals surface area contributed by atoms with Gasteiger partial charge in [0, 0.05) is 12.1 Å². The number of carbonyl (C=O) groups excluding carboxylic acids is 1. The molecular weight excluding hydrogens is 204 g/mol. The Morgan fingerprint density at radius 2 is 1.88 bits per heavy atom. The molecule has 0 aliphatic heterocycles. The summed E-state index contributed by atoms with van der Waals surface area (Å²) in [6.07, 6.45) is 0.439. The van der Waals surface area contributed by atoms with E-state index in [4.69, 9.17) is 10.5 Å². The maximum atomic E-state index is 11.6. The fourth-order valence-electron chi connectivity index (χ4n) is 1.47. The zero-order chi connectivity index (χ0) is 12.9. The molecule has 0 aliphatic rings. The maximum absolute atomic E-state index is 11.6. The molecule has 0 radical (unpaired) electrons. The maximum Gasteiger partial charge on any atom is 0.407 e. The zero-order valence-corrected chi connectivity index (χ0v) is 11.3. The standard InChI is InChI=1S/C12H26N2O2/c1-7-9(13)10(8(2)3)14-11(15)16-12(4,5)6/h8-10H,7,13H2,1-6H3,(H,14,15). The third-order valence-electron chi connectivity index (χ3n) is 2.33. The first-order valence-electron chi connectivity index (χ1n) is 5.92. The summed E-state index contributed by atoms with van der Waals surface area (Å²) >= 11 is 0. The lowest BCUT2D eigenvalue weighted by molar-refractivity contribution is 0.0480.